The van der Waals surface area contributed by atoms with E-state index >= 15 is 0 Å². The normalized spacial score (nSPS) is 10.4. The van der Waals surface area contributed by atoms with Gasteiger partial charge in [-0.3, -0.25) is 4.79 Å². The van der Waals surface area contributed by atoms with Gasteiger partial charge in [0.15, 0.2) is 5.11 Å². The number of carbonyl (C=O) groups excluding carboxylic acids is 1. The molecule has 0 unspecified atom stereocenters. The van der Waals surface area contributed by atoms with Gasteiger partial charge in [-0.1, -0.05) is 13.8 Å². The summed E-state index contributed by atoms with van der Waals surface area (Å²) in [6, 6.07) is 6.19. The van der Waals surface area contributed by atoms with E-state index in [-0.39, 0.29) is 11.8 Å². The fourth-order valence-corrected chi connectivity index (χ4v) is 2.19. The van der Waals surface area contributed by atoms with E-state index in [0.29, 0.717) is 5.11 Å². The second-order valence-corrected chi connectivity index (χ2v) is 5.68. The van der Waals surface area contributed by atoms with Crippen molar-refractivity contribution in [3.63, 3.8) is 0 Å². The van der Waals surface area contributed by atoms with E-state index in [2.05, 4.69) is 41.5 Å². The number of aryl methyl sites for hydroxylation is 1. The number of carbonyl (C=O) groups is 1. The molecule has 1 rings (SSSR count). The van der Waals surface area contributed by atoms with Crippen LogP contribution in [0.25, 0.3) is 0 Å². The van der Waals surface area contributed by atoms with Gasteiger partial charge < -0.3 is 15.5 Å². The number of anilines is 2. The minimum atomic E-state index is -0.0871. The highest BCUT2D eigenvalue weighted by molar-refractivity contribution is 7.80. The third-order valence-electron chi connectivity index (χ3n) is 3.35. The summed E-state index contributed by atoms with van der Waals surface area (Å²) in [6.45, 7) is 11.9. The van der Waals surface area contributed by atoms with Gasteiger partial charge in [-0.25, -0.2) is 0 Å². The van der Waals surface area contributed by atoms with Gasteiger partial charge in [0, 0.05) is 30.4 Å². The third kappa shape index (κ3) is 5.01. The monoisotopic (exact) mass is 307 g/mol. The first-order valence-electron chi connectivity index (χ1n) is 7.36. The van der Waals surface area contributed by atoms with Gasteiger partial charge in [-0.05, 0) is 56.8 Å². The molecule has 21 heavy (non-hydrogen) atoms. The Morgan fingerprint density at radius 1 is 1.29 bits per heavy atom. The Kier molecular flexibility index (Phi) is 6.62. The molecule has 0 aliphatic heterocycles. The molecule has 0 fully saturated rings. The van der Waals surface area contributed by atoms with Gasteiger partial charge in [-0.15, -0.1) is 0 Å². The number of rotatable bonds is 5. The Morgan fingerprint density at radius 2 is 1.90 bits per heavy atom. The quantitative estimate of drug-likeness (QED) is 0.819. The van der Waals surface area contributed by atoms with Crippen LogP contribution in [0.15, 0.2) is 18.2 Å². The lowest BCUT2D eigenvalue weighted by Crippen LogP contribution is -2.36. The molecule has 0 bridgehead atoms. The van der Waals surface area contributed by atoms with Crippen molar-refractivity contribution in [3.05, 3.63) is 23.8 Å². The second-order valence-electron chi connectivity index (χ2n) is 5.27. The topological polar surface area (TPSA) is 44.4 Å². The fraction of sp³-hybridized carbons (Fsp3) is 0.500. The maximum absolute atomic E-state index is 11.6. The Hall–Kier alpha value is -1.62. The highest BCUT2D eigenvalue weighted by Gasteiger charge is 2.10. The summed E-state index contributed by atoms with van der Waals surface area (Å²) in [4.78, 5) is 13.9. The molecule has 0 aliphatic carbocycles. The highest BCUT2D eigenvalue weighted by Crippen LogP contribution is 2.22. The number of hydrogen-bond donors (Lipinski definition) is 2. The minimum Gasteiger partial charge on any atom is -0.372 e. The first-order valence-corrected chi connectivity index (χ1v) is 7.77. The lowest BCUT2D eigenvalue weighted by molar-refractivity contribution is -0.122. The molecule has 5 heteroatoms. The fourth-order valence-electron chi connectivity index (χ4n) is 1.98. The number of thiocarbonyl (C=S) groups is 1. The molecule has 1 amide bonds. The standard InChI is InChI=1S/C16H25N3OS/c1-6-19(7-2)13-8-9-14(12(5)10-13)17-16(21)18-15(20)11(3)4/h8-11H,6-7H2,1-5H3,(H2,17,18,20,21). The zero-order valence-electron chi connectivity index (χ0n) is 13.5. The van der Waals surface area contributed by atoms with Crippen molar-refractivity contribution in [2.45, 2.75) is 34.6 Å². The molecule has 0 saturated carbocycles. The summed E-state index contributed by atoms with van der Waals surface area (Å²) in [5, 5.41) is 6.11. The van der Waals surface area contributed by atoms with Crippen molar-refractivity contribution in [2.24, 2.45) is 5.92 Å². The van der Waals surface area contributed by atoms with Crippen molar-refractivity contribution in [3.8, 4) is 0 Å². The molecule has 0 heterocycles. The van der Waals surface area contributed by atoms with Crippen LogP contribution in [-0.2, 0) is 4.79 Å². The van der Waals surface area contributed by atoms with E-state index in [4.69, 9.17) is 12.2 Å². The van der Waals surface area contributed by atoms with Crippen LogP contribution in [0.4, 0.5) is 11.4 Å². The van der Waals surface area contributed by atoms with E-state index in [1.165, 1.54) is 5.69 Å². The first kappa shape index (κ1) is 17.4. The number of benzene rings is 1. The molecular weight excluding hydrogens is 282 g/mol. The van der Waals surface area contributed by atoms with Crippen LogP contribution in [-0.4, -0.2) is 24.1 Å². The van der Waals surface area contributed by atoms with Gasteiger partial charge >= 0.3 is 0 Å². The molecule has 1 aromatic rings. The highest BCUT2D eigenvalue weighted by atomic mass is 32.1. The SMILES string of the molecule is CCN(CC)c1ccc(NC(=S)NC(=O)C(C)C)c(C)c1. The van der Waals surface area contributed by atoms with Crippen molar-refractivity contribution < 1.29 is 4.79 Å². The zero-order chi connectivity index (χ0) is 16.0. The molecule has 0 aromatic heterocycles. The largest absolute Gasteiger partial charge is 0.372 e. The summed E-state index contributed by atoms with van der Waals surface area (Å²) >= 11 is 5.17. The number of hydrogen-bond acceptors (Lipinski definition) is 3. The molecule has 0 atom stereocenters. The van der Waals surface area contributed by atoms with Crippen LogP contribution >= 0.6 is 12.2 Å². The smallest absolute Gasteiger partial charge is 0.228 e. The van der Waals surface area contributed by atoms with E-state index in [0.717, 1.165) is 24.3 Å². The molecule has 0 radical (unpaired) electrons. The Morgan fingerprint density at radius 3 is 2.38 bits per heavy atom. The van der Waals surface area contributed by atoms with Gasteiger partial charge in [0.25, 0.3) is 0 Å². The number of nitrogens with one attached hydrogen (secondary N) is 2. The summed E-state index contributed by atoms with van der Waals surface area (Å²) in [6.07, 6.45) is 0. The van der Waals surface area contributed by atoms with Crippen LogP contribution in [0.3, 0.4) is 0 Å². The van der Waals surface area contributed by atoms with Gasteiger partial charge in [0.05, 0.1) is 0 Å². The summed E-state index contributed by atoms with van der Waals surface area (Å²) in [5.74, 6) is -0.166. The van der Waals surface area contributed by atoms with Crippen LogP contribution in [0.1, 0.15) is 33.3 Å². The Labute approximate surface area is 132 Å². The van der Waals surface area contributed by atoms with Gasteiger partial charge in [0.1, 0.15) is 0 Å². The zero-order valence-corrected chi connectivity index (χ0v) is 14.3. The maximum atomic E-state index is 11.6. The predicted molar refractivity (Wildman–Crippen MR) is 93.9 cm³/mol. The average Bonchev–Trinajstić information content (AvgIpc) is 2.42. The third-order valence-corrected chi connectivity index (χ3v) is 3.55. The molecule has 116 valence electrons. The molecular formula is C16H25N3OS. The molecule has 0 saturated heterocycles. The number of nitrogens with zero attached hydrogens (tertiary/aromatic N) is 1. The van der Waals surface area contributed by atoms with Gasteiger partial charge in [0.2, 0.25) is 5.91 Å². The first-order chi connectivity index (χ1) is 9.88. The van der Waals surface area contributed by atoms with E-state index in [9.17, 15) is 4.79 Å². The van der Waals surface area contributed by atoms with Crippen molar-refractivity contribution in [2.75, 3.05) is 23.3 Å². The predicted octanol–water partition coefficient (Wildman–Crippen LogP) is 3.31. The van der Waals surface area contributed by atoms with E-state index < -0.39 is 0 Å². The lowest BCUT2D eigenvalue weighted by Gasteiger charge is -2.22. The molecule has 2 N–H and O–H groups in total. The van der Waals surface area contributed by atoms with Crippen LogP contribution in [0.5, 0.6) is 0 Å². The maximum Gasteiger partial charge on any atom is 0.228 e. The van der Waals surface area contributed by atoms with Gasteiger partial charge in [-0.2, -0.15) is 0 Å². The summed E-state index contributed by atoms with van der Waals surface area (Å²) < 4.78 is 0. The molecule has 0 aliphatic rings. The van der Waals surface area contributed by atoms with Crippen LogP contribution < -0.4 is 15.5 Å². The second kappa shape index (κ2) is 7.98. The minimum absolute atomic E-state index is 0.0788. The summed E-state index contributed by atoms with van der Waals surface area (Å²) in [7, 11) is 0. The van der Waals surface area contributed by atoms with E-state index in [1.54, 1.807) is 0 Å². The van der Waals surface area contributed by atoms with Crippen molar-refractivity contribution in [1.29, 1.82) is 0 Å². The van der Waals surface area contributed by atoms with Crippen LogP contribution in [0, 0.1) is 12.8 Å². The molecule has 0 spiro atoms. The molecule has 1 aromatic carbocycles. The van der Waals surface area contributed by atoms with Crippen molar-refractivity contribution in [1.82, 2.24) is 5.32 Å². The summed E-state index contributed by atoms with van der Waals surface area (Å²) in [5.41, 5.74) is 3.21. The Balaban J connectivity index is 2.77. The van der Waals surface area contributed by atoms with Crippen molar-refractivity contribution >= 4 is 34.6 Å². The van der Waals surface area contributed by atoms with E-state index in [1.807, 2.05) is 26.8 Å². The molecule has 4 nitrogen and oxygen atoms in total. The lowest BCUT2D eigenvalue weighted by atomic mass is 10.1. The Bertz CT molecular complexity index is 510. The number of amides is 1. The average molecular weight is 307 g/mol. The van der Waals surface area contributed by atoms with Crippen LogP contribution in [0.2, 0.25) is 0 Å².